The zero-order valence-corrected chi connectivity index (χ0v) is 11.3. The van der Waals surface area contributed by atoms with Crippen LogP contribution in [0.5, 0.6) is 0 Å². The van der Waals surface area contributed by atoms with Crippen LogP contribution < -0.4 is 0 Å². The van der Waals surface area contributed by atoms with Crippen molar-refractivity contribution in [3.63, 3.8) is 0 Å². The molecule has 3 rings (SSSR count). The van der Waals surface area contributed by atoms with Crippen LogP contribution in [0.15, 0.2) is 12.3 Å². The van der Waals surface area contributed by atoms with E-state index in [-0.39, 0.29) is 35.9 Å². The average molecular weight is 306 g/mol. The molecular weight excluding hydrogens is 295 g/mol. The minimum Gasteiger partial charge on any atom is -0.360 e. The summed E-state index contributed by atoms with van der Waals surface area (Å²) in [4.78, 5) is 4.07. The fourth-order valence-electron chi connectivity index (χ4n) is 2.73. The molecule has 0 spiro atoms. The Hall–Kier alpha value is -1.34. The van der Waals surface area contributed by atoms with Crippen LogP contribution in [-0.2, 0) is 16.8 Å². The molecule has 0 N–H and O–H groups in total. The SMILES string of the molecule is CCOC1(C(F)(F)F)CCc2cnc3cc(Cl)nn3c21. The van der Waals surface area contributed by atoms with Crippen molar-refractivity contribution >= 4 is 17.2 Å². The maximum Gasteiger partial charge on any atom is 0.423 e. The Morgan fingerprint density at radius 2 is 2.25 bits per heavy atom. The number of nitrogens with zero attached hydrogens (tertiary/aromatic N) is 3. The van der Waals surface area contributed by atoms with Crippen molar-refractivity contribution in [3.8, 4) is 0 Å². The quantitative estimate of drug-likeness (QED) is 0.856. The molecule has 0 saturated carbocycles. The maximum atomic E-state index is 13.6. The van der Waals surface area contributed by atoms with E-state index in [0.29, 0.717) is 5.56 Å². The van der Waals surface area contributed by atoms with Gasteiger partial charge in [-0.2, -0.15) is 18.3 Å². The summed E-state index contributed by atoms with van der Waals surface area (Å²) >= 11 is 5.78. The van der Waals surface area contributed by atoms with Crippen LogP contribution in [0.4, 0.5) is 13.2 Å². The van der Waals surface area contributed by atoms with Crippen LogP contribution in [0.2, 0.25) is 5.15 Å². The van der Waals surface area contributed by atoms with Crippen LogP contribution in [0.25, 0.3) is 5.65 Å². The number of halogens is 4. The second-order valence-corrected chi connectivity index (χ2v) is 5.01. The molecule has 2 aromatic heterocycles. The summed E-state index contributed by atoms with van der Waals surface area (Å²) in [6.45, 7) is 1.50. The van der Waals surface area contributed by atoms with E-state index < -0.39 is 11.8 Å². The summed E-state index contributed by atoms with van der Waals surface area (Å²) < 4.78 is 47.1. The molecular formula is C12H11ClF3N3O. The molecule has 0 radical (unpaired) electrons. The molecule has 108 valence electrons. The number of hydrogen-bond donors (Lipinski definition) is 0. The highest BCUT2D eigenvalue weighted by atomic mass is 35.5. The molecule has 1 atom stereocenters. The van der Waals surface area contributed by atoms with Crippen LogP contribution >= 0.6 is 11.6 Å². The van der Waals surface area contributed by atoms with Gasteiger partial charge in [0.1, 0.15) is 0 Å². The van der Waals surface area contributed by atoms with Gasteiger partial charge in [-0.05, 0) is 25.3 Å². The van der Waals surface area contributed by atoms with Crippen molar-refractivity contribution in [2.45, 2.75) is 31.5 Å². The van der Waals surface area contributed by atoms with Gasteiger partial charge in [-0.1, -0.05) is 11.6 Å². The Morgan fingerprint density at radius 3 is 2.90 bits per heavy atom. The van der Waals surface area contributed by atoms with Gasteiger partial charge >= 0.3 is 6.18 Å². The number of alkyl halides is 3. The number of ether oxygens (including phenoxy) is 1. The molecule has 8 heteroatoms. The zero-order chi connectivity index (χ0) is 14.5. The van der Waals surface area contributed by atoms with Gasteiger partial charge in [0.25, 0.3) is 0 Å². The Morgan fingerprint density at radius 1 is 1.50 bits per heavy atom. The molecule has 20 heavy (non-hydrogen) atoms. The first-order valence-corrected chi connectivity index (χ1v) is 6.51. The van der Waals surface area contributed by atoms with E-state index in [2.05, 4.69) is 10.1 Å². The molecule has 0 aliphatic heterocycles. The molecule has 0 amide bonds. The van der Waals surface area contributed by atoms with E-state index in [1.807, 2.05) is 0 Å². The zero-order valence-electron chi connectivity index (χ0n) is 10.5. The number of hydrogen-bond acceptors (Lipinski definition) is 3. The van der Waals surface area contributed by atoms with E-state index in [4.69, 9.17) is 16.3 Å². The third kappa shape index (κ3) is 1.73. The molecule has 1 unspecified atom stereocenters. The molecule has 0 aromatic carbocycles. The Kier molecular flexibility index (Phi) is 2.95. The summed E-state index contributed by atoms with van der Waals surface area (Å²) in [6.07, 6.45) is -3.01. The lowest BCUT2D eigenvalue weighted by Gasteiger charge is -2.32. The normalized spacial score (nSPS) is 22.4. The predicted octanol–water partition coefficient (Wildman–Crippen LogP) is 3.12. The largest absolute Gasteiger partial charge is 0.423 e. The number of fused-ring (bicyclic) bond motifs is 3. The molecule has 2 aromatic rings. The smallest absolute Gasteiger partial charge is 0.360 e. The minimum absolute atomic E-state index is 0.0104. The summed E-state index contributed by atoms with van der Waals surface area (Å²) in [6, 6.07) is 1.42. The molecule has 0 bridgehead atoms. The molecule has 2 heterocycles. The summed E-state index contributed by atoms with van der Waals surface area (Å²) in [5.74, 6) is 0. The highest BCUT2D eigenvalue weighted by molar-refractivity contribution is 6.29. The van der Waals surface area contributed by atoms with Gasteiger partial charge in [0, 0.05) is 18.9 Å². The monoisotopic (exact) mass is 305 g/mol. The maximum absolute atomic E-state index is 13.6. The summed E-state index contributed by atoms with van der Waals surface area (Å²) in [5.41, 5.74) is -1.58. The number of rotatable bonds is 2. The van der Waals surface area contributed by atoms with Crippen molar-refractivity contribution in [2.24, 2.45) is 0 Å². The van der Waals surface area contributed by atoms with Crippen molar-refractivity contribution in [2.75, 3.05) is 6.61 Å². The van der Waals surface area contributed by atoms with Crippen molar-refractivity contribution < 1.29 is 17.9 Å². The molecule has 0 fully saturated rings. The number of aromatic nitrogens is 3. The second kappa shape index (κ2) is 4.33. The highest BCUT2D eigenvalue weighted by Gasteiger charge is 2.61. The first-order valence-electron chi connectivity index (χ1n) is 6.13. The first kappa shape index (κ1) is 13.6. The molecule has 4 nitrogen and oxygen atoms in total. The van der Waals surface area contributed by atoms with Crippen LogP contribution in [-0.4, -0.2) is 27.4 Å². The van der Waals surface area contributed by atoms with E-state index in [1.165, 1.54) is 12.3 Å². The summed E-state index contributed by atoms with van der Waals surface area (Å²) in [7, 11) is 0. The average Bonchev–Trinajstić information content (AvgIpc) is 2.89. The minimum atomic E-state index is -4.53. The topological polar surface area (TPSA) is 39.4 Å². The number of aryl methyl sites for hydroxylation is 1. The van der Waals surface area contributed by atoms with Crippen LogP contribution in [0.1, 0.15) is 24.6 Å². The predicted molar refractivity (Wildman–Crippen MR) is 65.7 cm³/mol. The van der Waals surface area contributed by atoms with E-state index in [9.17, 15) is 13.2 Å². The van der Waals surface area contributed by atoms with Gasteiger partial charge < -0.3 is 4.74 Å². The van der Waals surface area contributed by atoms with Crippen LogP contribution in [0, 0.1) is 0 Å². The molecule has 0 saturated heterocycles. The molecule has 1 aliphatic rings. The van der Waals surface area contributed by atoms with Crippen molar-refractivity contribution in [1.29, 1.82) is 0 Å². The van der Waals surface area contributed by atoms with Gasteiger partial charge in [-0.15, -0.1) is 0 Å². The first-order chi connectivity index (χ1) is 9.39. The fourth-order valence-corrected chi connectivity index (χ4v) is 2.90. The summed E-state index contributed by atoms with van der Waals surface area (Å²) in [5, 5.41) is 4.02. The Labute approximate surface area is 117 Å². The lowest BCUT2D eigenvalue weighted by molar-refractivity contribution is -0.284. The van der Waals surface area contributed by atoms with Crippen molar-refractivity contribution in [3.05, 3.63) is 28.7 Å². The lowest BCUT2D eigenvalue weighted by atomic mass is 10.00. The van der Waals surface area contributed by atoms with Gasteiger partial charge in [-0.3, -0.25) is 0 Å². The van der Waals surface area contributed by atoms with E-state index >= 15 is 0 Å². The van der Waals surface area contributed by atoms with Crippen molar-refractivity contribution in [1.82, 2.24) is 14.6 Å². The highest BCUT2D eigenvalue weighted by Crippen LogP contribution is 2.50. The van der Waals surface area contributed by atoms with E-state index in [0.717, 1.165) is 4.52 Å². The lowest BCUT2D eigenvalue weighted by Crippen LogP contribution is -2.44. The van der Waals surface area contributed by atoms with Gasteiger partial charge in [0.15, 0.2) is 10.8 Å². The third-order valence-corrected chi connectivity index (χ3v) is 3.69. The van der Waals surface area contributed by atoms with Gasteiger partial charge in [0.2, 0.25) is 5.60 Å². The van der Waals surface area contributed by atoms with Crippen LogP contribution in [0.3, 0.4) is 0 Å². The van der Waals surface area contributed by atoms with E-state index in [1.54, 1.807) is 6.92 Å². The fraction of sp³-hybridized carbons (Fsp3) is 0.500. The Bertz CT molecular complexity index is 666. The van der Waals surface area contributed by atoms with Gasteiger partial charge in [-0.25, -0.2) is 9.50 Å². The molecule has 1 aliphatic carbocycles. The Balaban J connectivity index is 2.32. The van der Waals surface area contributed by atoms with Gasteiger partial charge in [0.05, 0.1) is 5.69 Å². The standard InChI is InChI=1S/C12H11ClF3N3O/c1-2-20-11(12(14,15)16)4-3-7-6-17-9-5-8(13)18-19(9)10(7)11/h5-6H,2-4H2,1H3. The third-order valence-electron chi connectivity index (χ3n) is 3.51. The second-order valence-electron chi connectivity index (χ2n) is 4.63.